The Balaban J connectivity index is 1.61. The van der Waals surface area contributed by atoms with Crippen LogP contribution >= 0.6 is 0 Å². The van der Waals surface area contributed by atoms with Gasteiger partial charge >= 0.3 is 18.3 Å². The van der Waals surface area contributed by atoms with Crippen LogP contribution in [-0.2, 0) is 10.9 Å². The minimum absolute atomic E-state index is 0.0251. The normalized spacial score (nSPS) is 11.6. The number of alkyl halides is 3. The lowest BCUT2D eigenvalue weighted by Crippen LogP contribution is -2.28. The van der Waals surface area contributed by atoms with Gasteiger partial charge in [0.05, 0.1) is 16.8 Å². The SMILES string of the molecule is CNC(=O)Nc1cc(Oc2ccc(NC(=O)c3nn(C(=O)OC(C)(C)C)c4ccc(C(F)(F)F)cc34)c(F)c2)ccn1. The molecule has 0 spiro atoms. The fourth-order valence-electron chi connectivity index (χ4n) is 3.61. The third kappa shape index (κ3) is 6.92. The lowest BCUT2D eigenvalue weighted by molar-refractivity contribution is -0.137. The molecule has 11 nitrogen and oxygen atoms in total. The largest absolute Gasteiger partial charge is 0.457 e. The lowest BCUT2D eigenvalue weighted by atomic mass is 10.1. The molecule has 220 valence electrons. The first kappa shape index (κ1) is 29.8. The second-order valence-corrected chi connectivity index (χ2v) is 9.75. The van der Waals surface area contributed by atoms with E-state index in [1.807, 2.05) is 0 Å². The Morgan fingerprint density at radius 2 is 1.64 bits per heavy atom. The highest BCUT2D eigenvalue weighted by Gasteiger charge is 2.33. The Morgan fingerprint density at radius 1 is 0.929 bits per heavy atom. The van der Waals surface area contributed by atoms with Crippen LogP contribution in [0.2, 0.25) is 0 Å². The molecule has 42 heavy (non-hydrogen) atoms. The molecule has 2 heterocycles. The van der Waals surface area contributed by atoms with E-state index in [9.17, 15) is 31.9 Å². The molecule has 0 radical (unpaired) electrons. The molecule has 15 heteroatoms. The van der Waals surface area contributed by atoms with E-state index in [1.165, 1.54) is 37.5 Å². The van der Waals surface area contributed by atoms with E-state index in [2.05, 4.69) is 26.0 Å². The van der Waals surface area contributed by atoms with Gasteiger partial charge in [-0.05, 0) is 57.2 Å². The van der Waals surface area contributed by atoms with Gasteiger partial charge in [-0.15, -0.1) is 0 Å². The van der Waals surface area contributed by atoms with Crippen LogP contribution in [0.5, 0.6) is 11.5 Å². The van der Waals surface area contributed by atoms with Gasteiger partial charge in [-0.1, -0.05) is 0 Å². The standard InChI is InChI=1S/C27H24F4N6O5/c1-26(2,3)42-25(40)37-20-8-5-14(27(29,30)31)11-17(20)22(36-37)23(38)34-19-7-6-15(12-18(19)28)41-16-9-10-33-21(13-16)35-24(39)32-4/h5-13H,1-4H3,(H,34,38)(H2,32,33,35,39). The fourth-order valence-corrected chi connectivity index (χ4v) is 3.61. The number of ether oxygens (including phenoxy) is 2. The van der Waals surface area contributed by atoms with E-state index in [4.69, 9.17) is 9.47 Å². The summed E-state index contributed by atoms with van der Waals surface area (Å²) in [5.74, 6) is -1.61. The van der Waals surface area contributed by atoms with Crippen LogP contribution < -0.4 is 20.7 Å². The average Bonchev–Trinajstić information content (AvgIpc) is 3.28. The van der Waals surface area contributed by atoms with Crippen LogP contribution in [0.25, 0.3) is 10.9 Å². The van der Waals surface area contributed by atoms with E-state index in [1.54, 1.807) is 20.8 Å². The quantitative estimate of drug-likeness (QED) is 0.237. The summed E-state index contributed by atoms with van der Waals surface area (Å²) in [5.41, 5.74) is -3.06. The molecule has 0 aliphatic heterocycles. The van der Waals surface area contributed by atoms with E-state index in [0.29, 0.717) is 10.7 Å². The van der Waals surface area contributed by atoms with Crippen molar-refractivity contribution in [2.45, 2.75) is 32.5 Å². The molecule has 0 saturated heterocycles. The second kappa shape index (κ2) is 11.3. The number of nitrogens with one attached hydrogen (secondary N) is 3. The highest BCUT2D eigenvalue weighted by molar-refractivity contribution is 6.12. The summed E-state index contributed by atoms with van der Waals surface area (Å²) in [6.45, 7) is 4.74. The van der Waals surface area contributed by atoms with Crippen LogP contribution in [0, 0.1) is 5.82 Å². The van der Waals surface area contributed by atoms with Crippen molar-refractivity contribution in [2.75, 3.05) is 17.7 Å². The molecule has 0 aliphatic carbocycles. The van der Waals surface area contributed by atoms with Crippen molar-refractivity contribution < 1.29 is 41.4 Å². The van der Waals surface area contributed by atoms with Gasteiger partial charge < -0.3 is 20.1 Å². The monoisotopic (exact) mass is 588 g/mol. The van der Waals surface area contributed by atoms with Crippen molar-refractivity contribution in [1.82, 2.24) is 20.1 Å². The second-order valence-electron chi connectivity index (χ2n) is 9.75. The Labute approximate surface area is 235 Å². The van der Waals surface area contributed by atoms with Crippen molar-refractivity contribution in [1.29, 1.82) is 0 Å². The van der Waals surface area contributed by atoms with Crippen LogP contribution in [-0.4, -0.2) is 45.4 Å². The first-order chi connectivity index (χ1) is 19.6. The van der Waals surface area contributed by atoms with Gasteiger partial charge in [0, 0.05) is 30.8 Å². The minimum Gasteiger partial charge on any atom is -0.457 e. The first-order valence-electron chi connectivity index (χ1n) is 12.2. The summed E-state index contributed by atoms with van der Waals surface area (Å²) >= 11 is 0. The lowest BCUT2D eigenvalue weighted by Gasteiger charge is -2.19. The van der Waals surface area contributed by atoms with Gasteiger partial charge in [-0.2, -0.15) is 23.0 Å². The number of aromatic nitrogens is 3. The summed E-state index contributed by atoms with van der Waals surface area (Å²) in [5, 5.41) is 10.7. The Morgan fingerprint density at radius 3 is 2.29 bits per heavy atom. The number of nitrogens with zero attached hydrogens (tertiary/aromatic N) is 3. The molecule has 0 aliphatic rings. The number of amides is 3. The molecule has 0 saturated carbocycles. The van der Waals surface area contributed by atoms with Gasteiger partial charge in [-0.3, -0.25) is 10.1 Å². The summed E-state index contributed by atoms with van der Waals surface area (Å²) in [4.78, 5) is 41.3. The number of halogens is 4. The van der Waals surface area contributed by atoms with Gasteiger partial charge in [0.2, 0.25) is 0 Å². The summed E-state index contributed by atoms with van der Waals surface area (Å²) in [6.07, 6.45) is -4.41. The number of hydrogen-bond donors (Lipinski definition) is 3. The number of anilines is 2. The molecule has 0 atom stereocenters. The molecule has 3 N–H and O–H groups in total. The van der Waals surface area contributed by atoms with Gasteiger partial charge in [0.15, 0.2) is 5.69 Å². The van der Waals surface area contributed by atoms with Crippen molar-refractivity contribution in [3.05, 3.63) is 71.8 Å². The minimum atomic E-state index is -4.74. The number of benzene rings is 2. The molecule has 0 unspecified atom stereocenters. The molecule has 2 aromatic heterocycles. The molecule has 3 amide bonds. The van der Waals surface area contributed by atoms with Gasteiger partial charge in [0.25, 0.3) is 5.91 Å². The molecule has 0 bridgehead atoms. The number of urea groups is 1. The Kier molecular flexibility index (Phi) is 8.04. The highest BCUT2D eigenvalue weighted by Crippen LogP contribution is 2.33. The third-order valence-electron chi connectivity index (χ3n) is 5.41. The van der Waals surface area contributed by atoms with E-state index in [-0.39, 0.29) is 33.9 Å². The van der Waals surface area contributed by atoms with Gasteiger partial charge in [0.1, 0.15) is 28.7 Å². The number of carbonyl (C=O) groups is 3. The van der Waals surface area contributed by atoms with Crippen LogP contribution in [0.4, 0.5) is 38.7 Å². The third-order valence-corrected chi connectivity index (χ3v) is 5.41. The summed E-state index contributed by atoms with van der Waals surface area (Å²) in [7, 11) is 1.42. The number of fused-ring (bicyclic) bond motifs is 1. The first-order valence-corrected chi connectivity index (χ1v) is 12.2. The van der Waals surface area contributed by atoms with Crippen molar-refractivity contribution in [3.63, 3.8) is 0 Å². The molecule has 4 aromatic rings. The van der Waals surface area contributed by atoms with Crippen LogP contribution in [0.1, 0.15) is 36.8 Å². The van der Waals surface area contributed by atoms with Crippen molar-refractivity contribution in [3.8, 4) is 11.5 Å². The number of carbonyl (C=O) groups excluding carboxylic acids is 3. The Hall–Kier alpha value is -5.21. The van der Waals surface area contributed by atoms with Crippen molar-refractivity contribution in [2.24, 2.45) is 0 Å². The number of hydrogen-bond acceptors (Lipinski definition) is 7. The maximum absolute atomic E-state index is 15.0. The predicted octanol–water partition coefficient (Wildman–Crippen LogP) is 6.17. The average molecular weight is 589 g/mol. The van der Waals surface area contributed by atoms with E-state index < -0.39 is 46.9 Å². The van der Waals surface area contributed by atoms with Crippen LogP contribution in [0.3, 0.4) is 0 Å². The number of rotatable bonds is 5. The molecule has 2 aromatic carbocycles. The summed E-state index contributed by atoms with van der Waals surface area (Å²) in [6, 6.07) is 8.21. The van der Waals surface area contributed by atoms with Crippen LogP contribution in [0.15, 0.2) is 54.7 Å². The van der Waals surface area contributed by atoms with E-state index >= 15 is 0 Å². The maximum atomic E-state index is 15.0. The van der Waals surface area contributed by atoms with Crippen molar-refractivity contribution >= 4 is 40.4 Å². The molecule has 4 rings (SSSR count). The highest BCUT2D eigenvalue weighted by atomic mass is 19.4. The molecular formula is C27H24F4N6O5. The zero-order valence-electron chi connectivity index (χ0n) is 22.6. The zero-order valence-corrected chi connectivity index (χ0v) is 22.6. The Bertz CT molecular complexity index is 1680. The predicted molar refractivity (Wildman–Crippen MR) is 143 cm³/mol. The summed E-state index contributed by atoms with van der Waals surface area (Å²) < 4.78 is 66.7. The molecular weight excluding hydrogens is 564 g/mol. The fraction of sp³-hybridized carbons (Fsp3) is 0.222. The number of pyridine rings is 1. The van der Waals surface area contributed by atoms with Gasteiger partial charge in [-0.25, -0.2) is 19.0 Å². The zero-order chi connectivity index (χ0) is 30.8. The smallest absolute Gasteiger partial charge is 0.435 e. The topological polar surface area (TPSA) is 136 Å². The molecule has 0 fully saturated rings. The maximum Gasteiger partial charge on any atom is 0.435 e. The van der Waals surface area contributed by atoms with E-state index in [0.717, 1.165) is 18.2 Å².